The van der Waals surface area contributed by atoms with Crippen LogP contribution in [0.1, 0.15) is 11.8 Å². The van der Waals surface area contributed by atoms with E-state index in [1.165, 1.54) is 5.75 Å². The van der Waals surface area contributed by atoms with E-state index in [-0.39, 0.29) is 6.61 Å². The van der Waals surface area contributed by atoms with Crippen LogP contribution in [-0.2, 0) is 6.61 Å². The van der Waals surface area contributed by atoms with E-state index >= 15 is 0 Å². The first-order valence-electron chi connectivity index (χ1n) is 4.71. The lowest BCUT2D eigenvalue weighted by Gasteiger charge is -2.30. The number of nitrogens with zero attached hydrogens (tertiary/aromatic N) is 2. The van der Waals surface area contributed by atoms with Gasteiger partial charge in [-0.1, -0.05) is 18.3 Å². The summed E-state index contributed by atoms with van der Waals surface area (Å²) in [6.07, 6.45) is 1.77. The molecule has 0 spiro atoms. The molecule has 0 radical (unpaired) electrons. The number of hydrogen-bond acceptors (Lipinski definition) is 5. The van der Waals surface area contributed by atoms with Crippen molar-refractivity contribution in [2.75, 3.05) is 23.7 Å². The number of anilines is 1. The molecule has 1 N–H and O–H groups in total. The van der Waals surface area contributed by atoms with E-state index in [0.717, 1.165) is 23.1 Å². The van der Waals surface area contributed by atoms with Gasteiger partial charge in [-0.05, 0) is 0 Å². The minimum Gasteiger partial charge on any atom is -0.391 e. The van der Waals surface area contributed by atoms with Crippen molar-refractivity contribution in [3.63, 3.8) is 0 Å². The van der Waals surface area contributed by atoms with E-state index in [1.807, 2.05) is 11.8 Å². The Morgan fingerprint density at radius 1 is 1.71 bits per heavy atom. The van der Waals surface area contributed by atoms with Gasteiger partial charge in [-0.15, -0.1) is 0 Å². The maximum absolute atomic E-state index is 8.95. The molecule has 1 aliphatic heterocycles. The minimum absolute atomic E-state index is 0.107. The summed E-state index contributed by atoms with van der Waals surface area (Å²) in [7, 11) is 0. The number of rotatable bonds is 2. The van der Waals surface area contributed by atoms with Crippen LogP contribution in [0.3, 0.4) is 0 Å². The Hall–Kier alpha value is -0.260. The van der Waals surface area contributed by atoms with Crippen LogP contribution in [0.2, 0.25) is 0 Å². The highest BCUT2D eigenvalue weighted by Gasteiger charge is 2.19. The monoisotopic (exact) mass is 230 g/mol. The Balaban J connectivity index is 2.06. The van der Waals surface area contributed by atoms with E-state index < -0.39 is 0 Å². The van der Waals surface area contributed by atoms with Gasteiger partial charge < -0.3 is 10.0 Å². The van der Waals surface area contributed by atoms with Crippen LogP contribution in [0.4, 0.5) is 5.13 Å². The van der Waals surface area contributed by atoms with Crippen molar-refractivity contribution in [1.82, 2.24) is 4.98 Å². The molecule has 1 aliphatic rings. The summed E-state index contributed by atoms with van der Waals surface area (Å²) >= 11 is 3.61. The molecule has 1 aromatic heterocycles. The highest BCUT2D eigenvalue weighted by molar-refractivity contribution is 8.00. The lowest BCUT2D eigenvalue weighted by atomic mass is 10.4. The number of aliphatic hydroxyl groups is 1. The molecule has 2 rings (SSSR count). The van der Waals surface area contributed by atoms with Crippen LogP contribution >= 0.6 is 23.1 Å². The highest BCUT2D eigenvalue weighted by atomic mass is 32.2. The zero-order valence-corrected chi connectivity index (χ0v) is 9.77. The zero-order chi connectivity index (χ0) is 9.97. The van der Waals surface area contributed by atoms with Gasteiger partial charge in [0.25, 0.3) is 0 Å². The van der Waals surface area contributed by atoms with Crippen LogP contribution in [0, 0.1) is 0 Å². The summed E-state index contributed by atoms with van der Waals surface area (Å²) in [6, 6.07) is 0. The standard InChI is InChI=1S/C9H14N2OS2/c1-7-5-11(2-3-13-7)9-10-4-8(6-12)14-9/h4,7,12H,2-3,5-6H2,1H3. The summed E-state index contributed by atoms with van der Waals surface area (Å²) in [5.74, 6) is 1.18. The van der Waals surface area contributed by atoms with Crippen molar-refractivity contribution in [2.45, 2.75) is 18.8 Å². The van der Waals surface area contributed by atoms with E-state index in [9.17, 15) is 0 Å². The zero-order valence-electron chi connectivity index (χ0n) is 8.14. The molecule has 78 valence electrons. The molecule has 0 bridgehead atoms. The van der Waals surface area contributed by atoms with E-state index in [0.29, 0.717) is 5.25 Å². The van der Waals surface area contributed by atoms with Gasteiger partial charge in [0, 0.05) is 30.3 Å². The minimum atomic E-state index is 0.107. The Morgan fingerprint density at radius 2 is 2.57 bits per heavy atom. The maximum Gasteiger partial charge on any atom is 0.185 e. The third-order valence-corrected chi connectivity index (χ3v) is 4.39. The molecule has 3 nitrogen and oxygen atoms in total. The summed E-state index contributed by atoms with van der Waals surface area (Å²) in [6.45, 7) is 4.50. The van der Waals surface area contributed by atoms with Gasteiger partial charge in [-0.3, -0.25) is 0 Å². The number of thioether (sulfide) groups is 1. The Morgan fingerprint density at radius 3 is 3.21 bits per heavy atom. The number of aliphatic hydroxyl groups excluding tert-OH is 1. The third kappa shape index (κ3) is 2.21. The first-order chi connectivity index (χ1) is 6.79. The molecule has 1 fully saturated rings. The lowest BCUT2D eigenvalue weighted by Crippen LogP contribution is -2.36. The second kappa shape index (κ2) is 4.51. The molecule has 0 amide bonds. The summed E-state index contributed by atoms with van der Waals surface area (Å²) in [5.41, 5.74) is 0. The second-order valence-corrected chi connectivity index (χ2v) is 6.03. The fraction of sp³-hybridized carbons (Fsp3) is 0.667. The summed E-state index contributed by atoms with van der Waals surface area (Å²) in [5, 5.41) is 10.7. The van der Waals surface area contributed by atoms with Gasteiger partial charge in [0.2, 0.25) is 0 Å². The van der Waals surface area contributed by atoms with Crippen LogP contribution in [0.5, 0.6) is 0 Å². The average Bonchev–Trinajstić information content (AvgIpc) is 2.66. The lowest BCUT2D eigenvalue weighted by molar-refractivity contribution is 0.285. The molecule has 0 aliphatic carbocycles. The third-order valence-electron chi connectivity index (χ3n) is 2.21. The predicted octanol–water partition coefficient (Wildman–Crippen LogP) is 1.58. The van der Waals surface area contributed by atoms with E-state index in [1.54, 1.807) is 17.5 Å². The van der Waals surface area contributed by atoms with Crippen LogP contribution in [-0.4, -0.2) is 34.2 Å². The van der Waals surface area contributed by atoms with Crippen molar-refractivity contribution in [2.24, 2.45) is 0 Å². The Labute approximate surface area is 92.2 Å². The van der Waals surface area contributed by atoms with Crippen molar-refractivity contribution >= 4 is 28.2 Å². The molecule has 0 aromatic carbocycles. The number of hydrogen-bond donors (Lipinski definition) is 1. The summed E-state index contributed by atoms with van der Waals surface area (Å²) in [4.78, 5) is 7.58. The smallest absolute Gasteiger partial charge is 0.185 e. The number of thiazole rings is 1. The molecule has 2 heterocycles. The highest BCUT2D eigenvalue weighted by Crippen LogP contribution is 2.27. The van der Waals surface area contributed by atoms with Gasteiger partial charge in [0.1, 0.15) is 0 Å². The Kier molecular flexibility index (Phi) is 3.30. The van der Waals surface area contributed by atoms with Gasteiger partial charge in [-0.2, -0.15) is 11.8 Å². The molecule has 5 heteroatoms. The van der Waals surface area contributed by atoms with E-state index in [2.05, 4.69) is 16.8 Å². The Bertz CT molecular complexity index is 303. The van der Waals surface area contributed by atoms with Crippen molar-refractivity contribution in [1.29, 1.82) is 0 Å². The maximum atomic E-state index is 8.95. The van der Waals surface area contributed by atoms with E-state index in [4.69, 9.17) is 5.11 Å². The molecule has 0 saturated carbocycles. The molecule has 1 aromatic rings. The van der Waals surface area contributed by atoms with Gasteiger partial charge in [-0.25, -0.2) is 4.98 Å². The normalized spacial score (nSPS) is 22.7. The SMILES string of the molecule is CC1CN(c2ncc(CO)s2)CCS1. The first-order valence-corrected chi connectivity index (χ1v) is 6.58. The molecule has 14 heavy (non-hydrogen) atoms. The van der Waals surface area contributed by atoms with Gasteiger partial charge in [0.15, 0.2) is 5.13 Å². The molecule has 1 atom stereocenters. The molecule has 1 saturated heterocycles. The molecule has 1 unspecified atom stereocenters. The van der Waals surface area contributed by atoms with Crippen molar-refractivity contribution in [3.05, 3.63) is 11.1 Å². The quantitative estimate of drug-likeness (QED) is 0.837. The predicted molar refractivity (Wildman–Crippen MR) is 62.2 cm³/mol. The second-order valence-electron chi connectivity index (χ2n) is 3.39. The van der Waals surface area contributed by atoms with Crippen LogP contribution < -0.4 is 4.90 Å². The van der Waals surface area contributed by atoms with Crippen LogP contribution in [0.25, 0.3) is 0 Å². The van der Waals surface area contributed by atoms with Crippen molar-refractivity contribution in [3.8, 4) is 0 Å². The average molecular weight is 230 g/mol. The largest absolute Gasteiger partial charge is 0.391 e. The van der Waals surface area contributed by atoms with Gasteiger partial charge >= 0.3 is 0 Å². The van der Waals surface area contributed by atoms with Gasteiger partial charge in [0.05, 0.1) is 11.5 Å². The fourth-order valence-electron chi connectivity index (χ4n) is 1.51. The fourth-order valence-corrected chi connectivity index (χ4v) is 3.33. The first kappa shape index (κ1) is 10.3. The van der Waals surface area contributed by atoms with Crippen molar-refractivity contribution < 1.29 is 5.11 Å². The molecular formula is C9H14N2OS2. The molecular weight excluding hydrogens is 216 g/mol. The topological polar surface area (TPSA) is 36.4 Å². The summed E-state index contributed by atoms with van der Waals surface area (Å²) < 4.78 is 0. The van der Waals surface area contributed by atoms with Crippen LogP contribution in [0.15, 0.2) is 6.20 Å². The number of aromatic nitrogens is 1.